The van der Waals surface area contributed by atoms with Crippen molar-refractivity contribution in [3.8, 4) is 11.3 Å². The summed E-state index contributed by atoms with van der Waals surface area (Å²) < 4.78 is 18.2. The first-order valence-corrected chi connectivity index (χ1v) is 4.53. The van der Waals surface area contributed by atoms with Crippen molar-refractivity contribution < 1.29 is 13.6 Å². The van der Waals surface area contributed by atoms with Crippen LogP contribution in [-0.2, 0) is 0 Å². The fraction of sp³-hybridized carbons (Fsp3) is 0.0833. The number of halogens is 1. The summed E-state index contributed by atoms with van der Waals surface area (Å²) >= 11 is 0. The lowest BCUT2D eigenvalue weighted by Gasteiger charge is -2.03. The molecule has 0 atom stereocenters. The molecule has 0 radical (unpaired) electrons. The molecule has 2 aromatic rings. The summed E-state index contributed by atoms with van der Waals surface area (Å²) in [7, 11) is 0. The van der Waals surface area contributed by atoms with Gasteiger partial charge in [-0.3, -0.25) is 4.79 Å². The topological polar surface area (TPSA) is 30.2 Å². The van der Waals surface area contributed by atoms with Gasteiger partial charge in [-0.2, -0.15) is 0 Å². The van der Waals surface area contributed by atoms with Crippen LogP contribution in [0.1, 0.15) is 17.3 Å². The zero-order chi connectivity index (χ0) is 10.8. The highest BCUT2D eigenvalue weighted by molar-refractivity contribution is 6.00. The molecular weight excluding hydrogens is 195 g/mol. The van der Waals surface area contributed by atoms with Crippen LogP contribution in [0, 0.1) is 5.82 Å². The normalized spacial score (nSPS) is 10.3. The van der Waals surface area contributed by atoms with E-state index in [0.29, 0.717) is 16.9 Å². The van der Waals surface area contributed by atoms with Crippen LogP contribution < -0.4 is 0 Å². The predicted molar refractivity (Wildman–Crippen MR) is 54.1 cm³/mol. The number of rotatable bonds is 2. The Morgan fingerprint density at radius 1 is 1.33 bits per heavy atom. The molecule has 0 saturated carbocycles. The molecule has 15 heavy (non-hydrogen) atoms. The number of benzene rings is 1. The largest absolute Gasteiger partial charge is 0.464 e. The zero-order valence-electron chi connectivity index (χ0n) is 8.16. The summed E-state index contributed by atoms with van der Waals surface area (Å²) in [5.74, 6) is 0.00694. The fourth-order valence-corrected chi connectivity index (χ4v) is 1.46. The molecular formula is C12H9FO2. The number of carbonyl (C=O) groups is 1. The monoisotopic (exact) mass is 204 g/mol. The van der Waals surface area contributed by atoms with Crippen LogP contribution in [-0.4, -0.2) is 5.78 Å². The number of carbonyl (C=O) groups excluding carboxylic acids is 1. The van der Waals surface area contributed by atoms with Crippen LogP contribution in [0.3, 0.4) is 0 Å². The Hall–Kier alpha value is -1.90. The van der Waals surface area contributed by atoms with Gasteiger partial charge in [-0.1, -0.05) is 0 Å². The van der Waals surface area contributed by atoms with Crippen molar-refractivity contribution in [2.45, 2.75) is 6.92 Å². The number of hydrogen-bond donors (Lipinski definition) is 0. The smallest absolute Gasteiger partial charge is 0.160 e. The summed E-state index contributed by atoms with van der Waals surface area (Å²) in [6.07, 6.45) is 1.49. The van der Waals surface area contributed by atoms with E-state index in [9.17, 15) is 9.18 Å². The molecule has 0 aliphatic heterocycles. The van der Waals surface area contributed by atoms with Gasteiger partial charge in [0.2, 0.25) is 0 Å². The Kier molecular flexibility index (Phi) is 2.37. The van der Waals surface area contributed by atoms with Crippen molar-refractivity contribution >= 4 is 5.78 Å². The molecule has 0 amide bonds. The maximum Gasteiger partial charge on any atom is 0.160 e. The maximum absolute atomic E-state index is 13.0. The lowest BCUT2D eigenvalue weighted by Crippen LogP contribution is -1.96. The van der Waals surface area contributed by atoms with Crippen molar-refractivity contribution in [2.75, 3.05) is 0 Å². The van der Waals surface area contributed by atoms with Crippen LogP contribution in [0.15, 0.2) is 41.0 Å². The van der Waals surface area contributed by atoms with Crippen LogP contribution in [0.4, 0.5) is 4.39 Å². The molecule has 1 heterocycles. The molecule has 0 aliphatic carbocycles. The van der Waals surface area contributed by atoms with Crippen molar-refractivity contribution in [2.24, 2.45) is 0 Å². The van der Waals surface area contributed by atoms with Crippen LogP contribution in [0.25, 0.3) is 11.3 Å². The fourth-order valence-electron chi connectivity index (χ4n) is 1.46. The lowest BCUT2D eigenvalue weighted by atomic mass is 10.0. The maximum atomic E-state index is 13.0. The summed E-state index contributed by atoms with van der Waals surface area (Å²) in [5, 5.41) is 0. The third kappa shape index (κ3) is 1.81. The van der Waals surface area contributed by atoms with Crippen molar-refractivity contribution in [1.82, 2.24) is 0 Å². The van der Waals surface area contributed by atoms with E-state index in [1.54, 1.807) is 12.1 Å². The van der Waals surface area contributed by atoms with E-state index in [1.807, 2.05) is 0 Å². The standard InChI is InChI=1S/C12H9FO2/c1-8(14)10-5-4-9(13)7-11(10)12-3-2-6-15-12/h2-7H,1H3. The van der Waals surface area contributed by atoms with Gasteiger partial charge in [0.25, 0.3) is 0 Å². The van der Waals surface area contributed by atoms with Gasteiger partial charge in [0, 0.05) is 11.1 Å². The highest BCUT2D eigenvalue weighted by Gasteiger charge is 2.11. The predicted octanol–water partition coefficient (Wildman–Crippen LogP) is 3.29. The molecule has 3 heteroatoms. The van der Waals surface area contributed by atoms with E-state index in [2.05, 4.69) is 0 Å². The third-order valence-corrected chi connectivity index (χ3v) is 2.15. The Bertz CT molecular complexity index is 486. The summed E-state index contributed by atoms with van der Waals surface area (Å²) in [6.45, 7) is 1.44. The average Bonchev–Trinajstić information content (AvgIpc) is 2.69. The Morgan fingerprint density at radius 2 is 2.13 bits per heavy atom. The molecule has 0 bridgehead atoms. The van der Waals surface area contributed by atoms with Gasteiger partial charge in [-0.05, 0) is 37.3 Å². The molecule has 0 aliphatic rings. The van der Waals surface area contributed by atoms with E-state index < -0.39 is 0 Å². The highest BCUT2D eigenvalue weighted by Crippen LogP contribution is 2.25. The number of Topliss-reactive ketones (excluding diaryl/α,β-unsaturated/α-hetero) is 1. The number of hydrogen-bond acceptors (Lipinski definition) is 2. The van der Waals surface area contributed by atoms with E-state index in [0.717, 1.165) is 0 Å². The third-order valence-electron chi connectivity index (χ3n) is 2.15. The molecule has 2 nitrogen and oxygen atoms in total. The van der Waals surface area contributed by atoms with Gasteiger partial charge in [0.1, 0.15) is 11.6 Å². The second-order valence-corrected chi connectivity index (χ2v) is 3.22. The minimum absolute atomic E-state index is 0.110. The molecule has 1 aromatic heterocycles. The minimum Gasteiger partial charge on any atom is -0.464 e. The molecule has 0 fully saturated rings. The molecule has 2 rings (SSSR count). The minimum atomic E-state index is -0.383. The molecule has 0 saturated heterocycles. The van der Waals surface area contributed by atoms with E-state index >= 15 is 0 Å². The van der Waals surface area contributed by atoms with E-state index in [-0.39, 0.29) is 11.6 Å². The molecule has 0 N–H and O–H groups in total. The first kappa shape index (κ1) is 9.65. The number of furan rings is 1. The summed E-state index contributed by atoms with van der Waals surface area (Å²) in [5.41, 5.74) is 0.957. The highest BCUT2D eigenvalue weighted by atomic mass is 19.1. The Balaban J connectivity index is 2.63. The first-order chi connectivity index (χ1) is 7.18. The van der Waals surface area contributed by atoms with Gasteiger partial charge in [-0.25, -0.2) is 4.39 Å². The van der Waals surface area contributed by atoms with Gasteiger partial charge in [0.05, 0.1) is 6.26 Å². The summed E-state index contributed by atoms with van der Waals surface area (Å²) in [4.78, 5) is 11.3. The quantitative estimate of drug-likeness (QED) is 0.702. The molecule has 0 spiro atoms. The van der Waals surface area contributed by atoms with Gasteiger partial charge in [0.15, 0.2) is 5.78 Å². The second kappa shape index (κ2) is 3.69. The van der Waals surface area contributed by atoms with Crippen molar-refractivity contribution in [3.63, 3.8) is 0 Å². The van der Waals surface area contributed by atoms with E-state index in [4.69, 9.17) is 4.42 Å². The van der Waals surface area contributed by atoms with E-state index in [1.165, 1.54) is 31.4 Å². The van der Waals surface area contributed by atoms with Crippen LogP contribution in [0.2, 0.25) is 0 Å². The molecule has 1 aromatic carbocycles. The summed E-state index contributed by atoms with van der Waals surface area (Å²) in [6, 6.07) is 7.43. The SMILES string of the molecule is CC(=O)c1ccc(F)cc1-c1ccco1. The zero-order valence-corrected chi connectivity index (χ0v) is 8.16. The second-order valence-electron chi connectivity index (χ2n) is 3.22. The average molecular weight is 204 g/mol. The Morgan fingerprint density at radius 3 is 2.73 bits per heavy atom. The lowest BCUT2D eigenvalue weighted by molar-refractivity contribution is 0.101. The van der Waals surface area contributed by atoms with Gasteiger partial charge >= 0.3 is 0 Å². The van der Waals surface area contributed by atoms with Crippen molar-refractivity contribution in [1.29, 1.82) is 0 Å². The van der Waals surface area contributed by atoms with Crippen molar-refractivity contribution in [3.05, 3.63) is 48.0 Å². The first-order valence-electron chi connectivity index (χ1n) is 4.53. The van der Waals surface area contributed by atoms with Crippen LogP contribution >= 0.6 is 0 Å². The Labute approximate surface area is 86.3 Å². The van der Waals surface area contributed by atoms with Gasteiger partial charge in [-0.15, -0.1) is 0 Å². The van der Waals surface area contributed by atoms with Gasteiger partial charge < -0.3 is 4.42 Å². The number of ketones is 1. The molecule has 76 valence electrons. The van der Waals surface area contributed by atoms with Crippen LogP contribution in [0.5, 0.6) is 0 Å². The molecule has 0 unspecified atom stereocenters.